The number of rotatable bonds is 1. The summed E-state index contributed by atoms with van der Waals surface area (Å²) in [7, 11) is 0. The van der Waals surface area contributed by atoms with Gasteiger partial charge in [0.25, 0.3) is 0 Å². The highest BCUT2D eigenvalue weighted by atomic mass is 35.5. The topological polar surface area (TPSA) is 12.9 Å². The normalized spacial score (nSPS) is 9.90. The molecule has 0 bridgehead atoms. The molecule has 1 rings (SSSR count). The molecule has 1 aromatic rings. The molecule has 0 radical (unpaired) electrons. The predicted molar refractivity (Wildman–Crippen MR) is 39.1 cm³/mol. The molecule has 0 atom stereocenters. The predicted octanol–water partition coefficient (Wildman–Crippen LogP) is 2.86. The highest BCUT2D eigenvalue weighted by molar-refractivity contribution is 6.41. The van der Waals surface area contributed by atoms with Crippen molar-refractivity contribution in [1.82, 2.24) is 4.98 Å². The number of nitrogens with zero attached hydrogens (tertiary/aromatic N) is 1. The Morgan fingerprint density at radius 1 is 1.50 bits per heavy atom. The van der Waals surface area contributed by atoms with Gasteiger partial charge >= 0.3 is 0 Å². The molecule has 0 aliphatic carbocycles. The minimum Gasteiger partial charge on any atom is -0.246 e. The number of aromatic nitrogens is 1. The van der Waals surface area contributed by atoms with Crippen LogP contribution in [0.2, 0.25) is 10.2 Å². The Bertz CT molecular complexity index is 239. The lowest BCUT2D eigenvalue weighted by Gasteiger charge is -1.95. The molecule has 0 aliphatic rings. The van der Waals surface area contributed by atoms with E-state index in [0.29, 0.717) is 5.56 Å². The Labute approximate surface area is 67.8 Å². The fraction of sp³-hybridized carbons (Fsp3) is 0.167. The van der Waals surface area contributed by atoms with Gasteiger partial charge in [0.1, 0.15) is 11.8 Å². The fourth-order valence-corrected chi connectivity index (χ4v) is 0.826. The minimum atomic E-state index is -0.566. The molecule has 0 N–H and O–H groups in total. The van der Waals surface area contributed by atoms with Crippen LogP contribution >= 0.6 is 23.2 Å². The first-order valence-corrected chi connectivity index (χ1v) is 3.35. The Morgan fingerprint density at radius 2 is 2.20 bits per heavy atom. The van der Waals surface area contributed by atoms with Crippen LogP contribution in [0.4, 0.5) is 4.39 Å². The molecule has 1 nitrogen and oxygen atoms in total. The van der Waals surface area contributed by atoms with Crippen LogP contribution < -0.4 is 0 Å². The van der Waals surface area contributed by atoms with Crippen LogP contribution in [0.3, 0.4) is 0 Å². The third kappa shape index (κ3) is 1.58. The van der Waals surface area contributed by atoms with Crippen molar-refractivity contribution >= 4 is 23.2 Å². The quantitative estimate of drug-likeness (QED) is 0.605. The summed E-state index contributed by atoms with van der Waals surface area (Å²) in [4.78, 5) is 3.64. The number of pyridine rings is 1. The zero-order chi connectivity index (χ0) is 7.56. The second-order valence-electron chi connectivity index (χ2n) is 1.75. The Morgan fingerprint density at radius 3 is 2.70 bits per heavy atom. The molecule has 0 saturated heterocycles. The summed E-state index contributed by atoms with van der Waals surface area (Å²) in [6.45, 7) is -0.566. The standard InChI is InChI=1S/C6H4Cl2FN/c7-5-1-4(2-9)3-10-6(5)8/h1,3H,2H2. The molecule has 54 valence electrons. The molecule has 10 heavy (non-hydrogen) atoms. The van der Waals surface area contributed by atoms with E-state index in [2.05, 4.69) is 4.98 Å². The summed E-state index contributed by atoms with van der Waals surface area (Å²) in [6.07, 6.45) is 1.36. The highest BCUT2D eigenvalue weighted by Crippen LogP contribution is 2.19. The summed E-state index contributed by atoms with van der Waals surface area (Å²) in [5, 5.41) is 0.496. The van der Waals surface area contributed by atoms with Gasteiger partial charge in [0.15, 0.2) is 0 Å². The average Bonchev–Trinajstić information content (AvgIpc) is 1.95. The zero-order valence-electron chi connectivity index (χ0n) is 4.94. The van der Waals surface area contributed by atoms with Gasteiger partial charge in [-0.05, 0) is 6.07 Å². The molecule has 1 aromatic heterocycles. The summed E-state index contributed by atoms with van der Waals surface area (Å²) >= 11 is 11.0. The van der Waals surface area contributed by atoms with Crippen LogP contribution in [0.1, 0.15) is 5.56 Å². The van der Waals surface area contributed by atoms with Crippen LogP contribution in [0, 0.1) is 0 Å². The van der Waals surface area contributed by atoms with Gasteiger partial charge < -0.3 is 0 Å². The Kier molecular flexibility index (Phi) is 2.46. The van der Waals surface area contributed by atoms with E-state index in [4.69, 9.17) is 23.2 Å². The van der Waals surface area contributed by atoms with Crippen molar-refractivity contribution in [2.45, 2.75) is 6.67 Å². The molecular weight excluding hydrogens is 176 g/mol. The minimum absolute atomic E-state index is 0.207. The molecule has 4 heteroatoms. The average molecular weight is 180 g/mol. The summed E-state index contributed by atoms with van der Waals surface area (Å²) < 4.78 is 11.9. The SMILES string of the molecule is FCc1cnc(Cl)c(Cl)c1. The fourth-order valence-electron chi connectivity index (χ4n) is 0.534. The molecule has 0 unspecified atom stereocenters. The van der Waals surface area contributed by atoms with Gasteiger partial charge in [0.05, 0.1) is 5.02 Å². The summed E-state index contributed by atoms with van der Waals surface area (Å²) in [5.41, 5.74) is 0.439. The lowest BCUT2D eigenvalue weighted by atomic mass is 10.3. The molecule has 0 saturated carbocycles. The van der Waals surface area contributed by atoms with Crippen LogP contribution in [0.25, 0.3) is 0 Å². The van der Waals surface area contributed by atoms with Crippen LogP contribution in [0.5, 0.6) is 0 Å². The monoisotopic (exact) mass is 179 g/mol. The van der Waals surface area contributed by atoms with Gasteiger partial charge in [0.2, 0.25) is 0 Å². The van der Waals surface area contributed by atoms with E-state index in [1.54, 1.807) is 0 Å². The maximum atomic E-state index is 11.9. The van der Waals surface area contributed by atoms with E-state index in [1.807, 2.05) is 0 Å². The number of hydrogen-bond donors (Lipinski definition) is 0. The van der Waals surface area contributed by atoms with E-state index in [-0.39, 0.29) is 10.2 Å². The van der Waals surface area contributed by atoms with Crippen molar-refractivity contribution in [2.75, 3.05) is 0 Å². The van der Waals surface area contributed by atoms with E-state index >= 15 is 0 Å². The molecule has 0 amide bonds. The molecular formula is C6H4Cl2FN. The largest absolute Gasteiger partial charge is 0.246 e. The van der Waals surface area contributed by atoms with Gasteiger partial charge in [-0.1, -0.05) is 23.2 Å². The van der Waals surface area contributed by atoms with Crippen molar-refractivity contribution < 1.29 is 4.39 Å². The van der Waals surface area contributed by atoms with Crippen molar-refractivity contribution in [3.8, 4) is 0 Å². The highest BCUT2D eigenvalue weighted by Gasteiger charge is 1.98. The lowest BCUT2D eigenvalue weighted by molar-refractivity contribution is 0.484. The summed E-state index contributed by atoms with van der Waals surface area (Å²) in [5.74, 6) is 0. The summed E-state index contributed by atoms with van der Waals surface area (Å²) in [6, 6.07) is 1.46. The smallest absolute Gasteiger partial charge is 0.147 e. The van der Waals surface area contributed by atoms with Crippen molar-refractivity contribution in [1.29, 1.82) is 0 Å². The molecule has 1 heterocycles. The van der Waals surface area contributed by atoms with Crippen molar-refractivity contribution in [3.05, 3.63) is 28.0 Å². The van der Waals surface area contributed by atoms with Crippen LogP contribution in [0.15, 0.2) is 12.3 Å². The third-order valence-corrected chi connectivity index (χ3v) is 1.69. The second-order valence-corrected chi connectivity index (χ2v) is 2.52. The van der Waals surface area contributed by atoms with Gasteiger partial charge in [0, 0.05) is 11.8 Å². The first-order chi connectivity index (χ1) is 4.74. The second kappa shape index (κ2) is 3.17. The van der Waals surface area contributed by atoms with E-state index < -0.39 is 6.67 Å². The van der Waals surface area contributed by atoms with E-state index in [1.165, 1.54) is 12.3 Å². The van der Waals surface area contributed by atoms with Gasteiger partial charge in [-0.15, -0.1) is 0 Å². The number of halogens is 3. The van der Waals surface area contributed by atoms with E-state index in [9.17, 15) is 4.39 Å². The maximum absolute atomic E-state index is 11.9. The van der Waals surface area contributed by atoms with Gasteiger partial charge in [-0.2, -0.15) is 0 Å². The van der Waals surface area contributed by atoms with Crippen LogP contribution in [-0.4, -0.2) is 4.98 Å². The third-order valence-electron chi connectivity index (χ3n) is 1.01. The maximum Gasteiger partial charge on any atom is 0.147 e. The molecule has 0 fully saturated rings. The lowest BCUT2D eigenvalue weighted by Crippen LogP contribution is -1.82. The molecule has 0 spiro atoms. The van der Waals surface area contributed by atoms with Gasteiger partial charge in [-0.25, -0.2) is 9.37 Å². The van der Waals surface area contributed by atoms with E-state index in [0.717, 1.165) is 0 Å². The van der Waals surface area contributed by atoms with Crippen molar-refractivity contribution in [2.24, 2.45) is 0 Å². The Hall–Kier alpha value is -0.340. The molecule has 0 aliphatic heterocycles. The molecule has 0 aromatic carbocycles. The zero-order valence-corrected chi connectivity index (χ0v) is 6.45. The van der Waals surface area contributed by atoms with Gasteiger partial charge in [-0.3, -0.25) is 0 Å². The first kappa shape index (κ1) is 7.76. The number of hydrogen-bond acceptors (Lipinski definition) is 1. The van der Waals surface area contributed by atoms with Crippen molar-refractivity contribution in [3.63, 3.8) is 0 Å². The Balaban J connectivity index is 3.04. The first-order valence-electron chi connectivity index (χ1n) is 2.60. The van der Waals surface area contributed by atoms with Crippen LogP contribution in [-0.2, 0) is 6.67 Å². The number of alkyl halides is 1.